The zero-order chi connectivity index (χ0) is 19.8. The predicted molar refractivity (Wildman–Crippen MR) is 112 cm³/mol. The molecule has 0 atom stereocenters. The number of hydrogen-bond acceptors (Lipinski definition) is 4. The number of thiocarbonyl (C=S) groups is 1. The average Bonchev–Trinajstić information content (AvgIpc) is 2.67. The molecular formula is C19H22ClN3O3S. The summed E-state index contributed by atoms with van der Waals surface area (Å²) in [5.41, 5.74) is 7.29. The van der Waals surface area contributed by atoms with Gasteiger partial charge in [0.1, 0.15) is 0 Å². The largest absolute Gasteiger partial charge is 0.493 e. The van der Waals surface area contributed by atoms with E-state index >= 15 is 0 Å². The summed E-state index contributed by atoms with van der Waals surface area (Å²) in [5.74, 6) is 0.727. The van der Waals surface area contributed by atoms with Crippen LogP contribution in [0.5, 0.6) is 11.5 Å². The van der Waals surface area contributed by atoms with Gasteiger partial charge in [0.2, 0.25) is 0 Å². The molecule has 0 heterocycles. The molecule has 0 aliphatic rings. The molecule has 0 saturated heterocycles. The van der Waals surface area contributed by atoms with E-state index in [9.17, 15) is 4.79 Å². The van der Waals surface area contributed by atoms with E-state index in [2.05, 4.69) is 16.2 Å². The van der Waals surface area contributed by atoms with E-state index in [1.165, 1.54) is 7.11 Å². The number of methoxy groups -OCH3 is 1. The fraction of sp³-hybridized carbons (Fsp3) is 0.263. The van der Waals surface area contributed by atoms with Crippen LogP contribution >= 0.6 is 23.8 Å². The van der Waals surface area contributed by atoms with Crippen molar-refractivity contribution in [1.82, 2.24) is 10.9 Å². The van der Waals surface area contributed by atoms with Crippen molar-refractivity contribution >= 4 is 40.5 Å². The van der Waals surface area contributed by atoms with Gasteiger partial charge in [-0.2, -0.15) is 0 Å². The molecular weight excluding hydrogens is 386 g/mol. The summed E-state index contributed by atoms with van der Waals surface area (Å²) >= 11 is 11.3. The average molecular weight is 408 g/mol. The van der Waals surface area contributed by atoms with Crippen molar-refractivity contribution in [3.63, 3.8) is 0 Å². The van der Waals surface area contributed by atoms with Crippen LogP contribution < -0.4 is 25.6 Å². The van der Waals surface area contributed by atoms with E-state index in [4.69, 9.17) is 33.3 Å². The van der Waals surface area contributed by atoms with Crippen LogP contribution in [-0.4, -0.2) is 24.7 Å². The number of benzene rings is 2. The Morgan fingerprint density at radius 1 is 1.15 bits per heavy atom. The zero-order valence-electron chi connectivity index (χ0n) is 15.4. The number of anilines is 1. The molecule has 0 unspecified atom stereocenters. The molecule has 0 aliphatic heterocycles. The smallest absolute Gasteiger partial charge is 0.269 e. The normalized spacial score (nSPS) is 10.1. The van der Waals surface area contributed by atoms with Gasteiger partial charge < -0.3 is 14.8 Å². The summed E-state index contributed by atoms with van der Waals surface area (Å²) in [4.78, 5) is 12.3. The molecule has 3 N–H and O–H groups in total. The fourth-order valence-electron chi connectivity index (χ4n) is 2.16. The number of amides is 1. The van der Waals surface area contributed by atoms with Crippen LogP contribution in [0.2, 0.25) is 5.02 Å². The van der Waals surface area contributed by atoms with E-state index in [0.29, 0.717) is 28.7 Å². The second-order valence-corrected chi connectivity index (χ2v) is 6.53. The van der Waals surface area contributed by atoms with Crippen molar-refractivity contribution in [3.8, 4) is 11.5 Å². The Morgan fingerprint density at radius 2 is 1.93 bits per heavy atom. The molecule has 0 fully saturated rings. The van der Waals surface area contributed by atoms with Gasteiger partial charge in [-0.1, -0.05) is 24.6 Å². The number of halogens is 1. The van der Waals surface area contributed by atoms with E-state index in [-0.39, 0.29) is 11.0 Å². The first-order chi connectivity index (χ1) is 12.9. The lowest BCUT2D eigenvalue weighted by Crippen LogP contribution is -2.43. The summed E-state index contributed by atoms with van der Waals surface area (Å²) < 4.78 is 10.9. The van der Waals surface area contributed by atoms with Gasteiger partial charge in [0.05, 0.1) is 13.7 Å². The van der Waals surface area contributed by atoms with Gasteiger partial charge in [0.25, 0.3) is 5.91 Å². The van der Waals surface area contributed by atoms with Crippen molar-refractivity contribution < 1.29 is 14.3 Å². The van der Waals surface area contributed by atoms with E-state index in [1.54, 1.807) is 24.3 Å². The lowest BCUT2D eigenvalue weighted by molar-refractivity contribution is 0.0943. The van der Waals surface area contributed by atoms with Crippen molar-refractivity contribution in [2.45, 2.75) is 20.3 Å². The Morgan fingerprint density at radius 3 is 2.59 bits per heavy atom. The molecule has 2 aromatic rings. The molecule has 0 saturated carbocycles. The van der Waals surface area contributed by atoms with Crippen LogP contribution in [0, 0.1) is 6.92 Å². The summed E-state index contributed by atoms with van der Waals surface area (Å²) in [6.45, 7) is 4.50. The molecule has 6 nitrogen and oxygen atoms in total. The molecule has 1 amide bonds. The number of ether oxygens (including phenoxy) is 2. The molecule has 144 valence electrons. The number of aryl methyl sites for hydroxylation is 1. The van der Waals surface area contributed by atoms with E-state index in [1.807, 2.05) is 26.0 Å². The standard InChI is InChI=1S/C19H22ClN3O3S/c1-4-9-26-16-8-6-13(10-17(16)25-3)18(24)22-23-19(27)21-14-7-5-12(2)15(20)11-14/h5-8,10-11H,4,9H2,1-3H3,(H,22,24)(H2,21,23,27). The highest BCUT2D eigenvalue weighted by Gasteiger charge is 2.11. The van der Waals surface area contributed by atoms with Crippen LogP contribution in [0.25, 0.3) is 0 Å². The third-order valence-corrected chi connectivity index (χ3v) is 4.22. The van der Waals surface area contributed by atoms with Gasteiger partial charge in [-0.15, -0.1) is 0 Å². The zero-order valence-corrected chi connectivity index (χ0v) is 17.0. The minimum absolute atomic E-state index is 0.234. The van der Waals surface area contributed by atoms with Crippen molar-refractivity contribution in [2.75, 3.05) is 19.0 Å². The Labute approximate surface area is 169 Å². The lowest BCUT2D eigenvalue weighted by Gasteiger charge is -2.14. The minimum atomic E-state index is -0.360. The van der Waals surface area contributed by atoms with E-state index in [0.717, 1.165) is 17.7 Å². The molecule has 2 aromatic carbocycles. The Balaban J connectivity index is 1.94. The molecule has 0 bridgehead atoms. The third-order valence-electron chi connectivity index (χ3n) is 3.61. The topological polar surface area (TPSA) is 71.6 Å². The van der Waals surface area contributed by atoms with Gasteiger partial charge >= 0.3 is 0 Å². The van der Waals surface area contributed by atoms with Gasteiger partial charge in [0, 0.05) is 16.3 Å². The summed E-state index contributed by atoms with van der Waals surface area (Å²) in [5, 5.41) is 3.81. The number of carbonyl (C=O) groups excluding carboxylic acids is 1. The summed E-state index contributed by atoms with van der Waals surface area (Å²) in [7, 11) is 1.53. The number of carbonyl (C=O) groups is 1. The van der Waals surface area contributed by atoms with Crippen molar-refractivity contribution in [2.24, 2.45) is 0 Å². The molecule has 27 heavy (non-hydrogen) atoms. The molecule has 0 spiro atoms. The third kappa shape index (κ3) is 6.01. The number of hydrazine groups is 1. The summed E-state index contributed by atoms with van der Waals surface area (Å²) in [6, 6.07) is 10.4. The molecule has 0 aromatic heterocycles. The van der Waals surface area contributed by atoms with Gasteiger partial charge in [0.15, 0.2) is 16.6 Å². The molecule has 0 aliphatic carbocycles. The molecule has 0 radical (unpaired) electrons. The van der Waals surface area contributed by atoms with Crippen LogP contribution in [0.15, 0.2) is 36.4 Å². The SMILES string of the molecule is CCCOc1ccc(C(=O)NNC(=S)Nc2ccc(C)c(Cl)c2)cc1OC. The Bertz CT molecular complexity index is 830. The van der Waals surface area contributed by atoms with Crippen LogP contribution in [0.1, 0.15) is 29.3 Å². The Kier molecular flexibility index (Phi) is 7.69. The second kappa shape index (κ2) is 9.99. The fourth-order valence-corrected chi connectivity index (χ4v) is 2.51. The highest BCUT2D eigenvalue weighted by Crippen LogP contribution is 2.28. The van der Waals surface area contributed by atoms with Gasteiger partial charge in [-0.05, 0) is 61.5 Å². The maximum atomic E-state index is 12.3. The maximum absolute atomic E-state index is 12.3. The first kappa shape index (κ1) is 20.8. The lowest BCUT2D eigenvalue weighted by atomic mass is 10.2. The Hall–Kier alpha value is -2.51. The number of rotatable bonds is 6. The summed E-state index contributed by atoms with van der Waals surface area (Å²) in [6.07, 6.45) is 0.881. The first-order valence-corrected chi connectivity index (χ1v) is 9.17. The minimum Gasteiger partial charge on any atom is -0.493 e. The van der Waals surface area contributed by atoms with Crippen LogP contribution in [0.3, 0.4) is 0 Å². The van der Waals surface area contributed by atoms with Gasteiger partial charge in [-0.3, -0.25) is 15.6 Å². The highest BCUT2D eigenvalue weighted by atomic mass is 35.5. The maximum Gasteiger partial charge on any atom is 0.269 e. The van der Waals surface area contributed by atoms with Crippen molar-refractivity contribution in [1.29, 1.82) is 0 Å². The number of hydrogen-bond donors (Lipinski definition) is 3. The van der Waals surface area contributed by atoms with Gasteiger partial charge in [-0.25, -0.2) is 0 Å². The predicted octanol–water partition coefficient (Wildman–Crippen LogP) is 4.08. The molecule has 2 rings (SSSR count). The second-order valence-electron chi connectivity index (χ2n) is 5.71. The quantitative estimate of drug-likeness (QED) is 0.495. The first-order valence-electron chi connectivity index (χ1n) is 8.39. The van der Waals surface area contributed by atoms with Crippen LogP contribution in [0.4, 0.5) is 5.69 Å². The molecule has 8 heteroatoms. The highest BCUT2D eigenvalue weighted by molar-refractivity contribution is 7.80. The monoisotopic (exact) mass is 407 g/mol. The van der Waals surface area contributed by atoms with Crippen molar-refractivity contribution in [3.05, 3.63) is 52.5 Å². The van der Waals surface area contributed by atoms with Crippen LogP contribution in [-0.2, 0) is 0 Å². The van der Waals surface area contributed by atoms with E-state index < -0.39 is 0 Å². The number of nitrogens with one attached hydrogen (secondary N) is 3.